The Labute approximate surface area is 123 Å². The van der Waals surface area contributed by atoms with E-state index in [1.54, 1.807) is 12.1 Å². The normalized spacial score (nSPS) is 12.1. The van der Waals surface area contributed by atoms with Crippen molar-refractivity contribution in [2.45, 2.75) is 32.7 Å². The molecule has 1 amide bonds. The Balaban J connectivity index is 2.15. The number of amides is 1. The Morgan fingerprint density at radius 2 is 2.29 bits per heavy atom. The first-order valence-electron chi connectivity index (χ1n) is 7.05. The van der Waals surface area contributed by atoms with Crippen LogP contribution in [0.4, 0.5) is 0 Å². The van der Waals surface area contributed by atoms with Gasteiger partial charge in [0.2, 0.25) is 0 Å². The first-order chi connectivity index (χ1) is 10.1. The fourth-order valence-corrected chi connectivity index (χ4v) is 2.07. The van der Waals surface area contributed by atoms with Gasteiger partial charge in [0, 0.05) is 23.8 Å². The highest BCUT2D eigenvalue weighted by molar-refractivity contribution is 5.95. The molecule has 0 saturated carbocycles. The predicted molar refractivity (Wildman–Crippen MR) is 79.8 cm³/mol. The number of aliphatic hydroxyl groups excluding tert-OH is 1. The number of aliphatic hydroxyl groups is 1. The molecular weight excluding hydrogens is 268 g/mol. The summed E-state index contributed by atoms with van der Waals surface area (Å²) in [5.74, 6) is 1.16. The summed E-state index contributed by atoms with van der Waals surface area (Å²) in [5.41, 5.74) is 1.36. The number of benzene rings is 1. The molecule has 0 aliphatic heterocycles. The molecule has 0 aliphatic rings. The number of carbonyl (C=O) groups excluding carboxylic acids is 1. The van der Waals surface area contributed by atoms with Gasteiger partial charge in [-0.3, -0.25) is 9.89 Å². The highest BCUT2D eigenvalue weighted by atomic mass is 16.3. The summed E-state index contributed by atoms with van der Waals surface area (Å²) in [6, 6.07) is 7.18. The monoisotopic (exact) mass is 288 g/mol. The molecule has 6 nitrogen and oxygen atoms in total. The van der Waals surface area contributed by atoms with Gasteiger partial charge in [0.25, 0.3) is 5.91 Å². The van der Waals surface area contributed by atoms with Crippen LogP contribution in [0.3, 0.4) is 0 Å². The molecular formula is C15H20N4O2. The van der Waals surface area contributed by atoms with E-state index < -0.39 is 0 Å². The van der Waals surface area contributed by atoms with Gasteiger partial charge in [-0.15, -0.1) is 0 Å². The standard InChI is InChI=1S/C15H20N4O2/c1-3-13(7-8-20)17-15(21)12-6-4-5-11(9-12)14-16-10(2)18-19-14/h4-6,9,13,20H,3,7-8H2,1-2H3,(H,17,21)(H,16,18,19). The summed E-state index contributed by atoms with van der Waals surface area (Å²) < 4.78 is 0. The maximum Gasteiger partial charge on any atom is 0.251 e. The first kappa shape index (κ1) is 15.2. The van der Waals surface area contributed by atoms with Crippen molar-refractivity contribution in [1.29, 1.82) is 0 Å². The zero-order valence-corrected chi connectivity index (χ0v) is 12.3. The minimum Gasteiger partial charge on any atom is -0.396 e. The van der Waals surface area contributed by atoms with Crippen molar-refractivity contribution in [2.24, 2.45) is 0 Å². The average molecular weight is 288 g/mol. The number of nitrogens with zero attached hydrogens (tertiary/aromatic N) is 2. The second-order valence-corrected chi connectivity index (χ2v) is 4.92. The van der Waals surface area contributed by atoms with Crippen LogP contribution in [0.15, 0.2) is 24.3 Å². The third kappa shape index (κ3) is 3.88. The van der Waals surface area contributed by atoms with E-state index >= 15 is 0 Å². The number of rotatable bonds is 6. The molecule has 1 aromatic heterocycles. The van der Waals surface area contributed by atoms with Crippen LogP contribution in [-0.2, 0) is 0 Å². The summed E-state index contributed by atoms with van der Waals surface area (Å²) in [6.07, 6.45) is 1.34. The molecule has 1 unspecified atom stereocenters. The van der Waals surface area contributed by atoms with Crippen LogP contribution in [0.2, 0.25) is 0 Å². The summed E-state index contributed by atoms with van der Waals surface area (Å²) in [6.45, 7) is 3.87. The van der Waals surface area contributed by atoms with Gasteiger partial charge in [-0.05, 0) is 31.9 Å². The van der Waals surface area contributed by atoms with Crippen LogP contribution >= 0.6 is 0 Å². The van der Waals surface area contributed by atoms with E-state index in [0.717, 1.165) is 17.8 Å². The quantitative estimate of drug-likeness (QED) is 0.754. The Morgan fingerprint density at radius 3 is 2.90 bits per heavy atom. The van der Waals surface area contributed by atoms with E-state index in [0.29, 0.717) is 17.8 Å². The SMILES string of the molecule is CCC(CCO)NC(=O)c1cccc(-c2n[nH]c(C)n2)c1. The molecule has 0 saturated heterocycles. The van der Waals surface area contributed by atoms with E-state index in [9.17, 15) is 4.79 Å². The van der Waals surface area contributed by atoms with Crippen molar-refractivity contribution < 1.29 is 9.90 Å². The number of aromatic amines is 1. The van der Waals surface area contributed by atoms with Gasteiger partial charge >= 0.3 is 0 Å². The number of carbonyl (C=O) groups is 1. The fourth-order valence-electron chi connectivity index (χ4n) is 2.07. The van der Waals surface area contributed by atoms with Gasteiger partial charge in [0.15, 0.2) is 5.82 Å². The molecule has 6 heteroatoms. The summed E-state index contributed by atoms with van der Waals surface area (Å²) in [5, 5.41) is 18.8. The molecule has 2 rings (SSSR count). The van der Waals surface area contributed by atoms with Crippen LogP contribution in [0.25, 0.3) is 11.4 Å². The molecule has 1 heterocycles. The van der Waals surface area contributed by atoms with Crippen molar-refractivity contribution in [2.75, 3.05) is 6.61 Å². The third-order valence-electron chi connectivity index (χ3n) is 3.29. The first-order valence-corrected chi connectivity index (χ1v) is 7.05. The highest BCUT2D eigenvalue weighted by Crippen LogP contribution is 2.16. The summed E-state index contributed by atoms with van der Waals surface area (Å²) >= 11 is 0. The lowest BCUT2D eigenvalue weighted by Crippen LogP contribution is -2.35. The fraction of sp³-hybridized carbons (Fsp3) is 0.400. The summed E-state index contributed by atoms with van der Waals surface area (Å²) in [7, 11) is 0. The van der Waals surface area contributed by atoms with Gasteiger partial charge in [-0.1, -0.05) is 19.1 Å². The maximum absolute atomic E-state index is 12.2. The second kappa shape index (κ2) is 6.99. The molecule has 112 valence electrons. The maximum atomic E-state index is 12.2. The molecule has 1 atom stereocenters. The van der Waals surface area contributed by atoms with Gasteiger partial charge in [-0.2, -0.15) is 5.10 Å². The number of nitrogens with one attached hydrogen (secondary N) is 2. The number of hydrogen-bond acceptors (Lipinski definition) is 4. The molecule has 0 spiro atoms. The van der Waals surface area contributed by atoms with E-state index in [4.69, 9.17) is 5.11 Å². The Morgan fingerprint density at radius 1 is 1.48 bits per heavy atom. The molecule has 2 aromatic rings. The Hall–Kier alpha value is -2.21. The minimum absolute atomic E-state index is 0.0168. The predicted octanol–water partition coefficient (Wildman–Crippen LogP) is 1.67. The second-order valence-electron chi connectivity index (χ2n) is 4.92. The van der Waals surface area contributed by atoms with Crippen molar-refractivity contribution >= 4 is 5.91 Å². The smallest absolute Gasteiger partial charge is 0.251 e. The van der Waals surface area contributed by atoms with Crippen molar-refractivity contribution in [3.05, 3.63) is 35.7 Å². The molecule has 3 N–H and O–H groups in total. The van der Waals surface area contributed by atoms with Gasteiger partial charge in [-0.25, -0.2) is 4.98 Å². The molecule has 0 fully saturated rings. The zero-order valence-electron chi connectivity index (χ0n) is 12.3. The van der Waals surface area contributed by atoms with E-state index in [-0.39, 0.29) is 18.6 Å². The van der Waals surface area contributed by atoms with Crippen LogP contribution in [-0.4, -0.2) is 38.8 Å². The minimum atomic E-state index is -0.149. The van der Waals surface area contributed by atoms with Crippen molar-refractivity contribution in [1.82, 2.24) is 20.5 Å². The van der Waals surface area contributed by atoms with Crippen molar-refractivity contribution in [3.63, 3.8) is 0 Å². The Kier molecular flexibility index (Phi) is 5.05. The third-order valence-corrected chi connectivity index (χ3v) is 3.29. The van der Waals surface area contributed by atoms with E-state index in [2.05, 4.69) is 20.5 Å². The topological polar surface area (TPSA) is 90.9 Å². The van der Waals surface area contributed by atoms with Crippen LogP contribution in [0, 0.1) is 6.92 Å². The lowest BCUT2D eigenvalue weighted by Gasteiger charge is -2.15. The van der Waals surface area contributed by atoms with E-state index in [1.807, 2.05) is 26.0 Å². The van der Waals surface area contributed by atoms with Crippen molar-refractivity contribution in [3.8, 4) is 11.4 Å². The number of hydrogen-bond donors (Lipinski definition) is 3. The van der Waals surface area contributed by atoms with Gasteiger partial charge < -0.3 is 10.4 Å². The largest absolute Gasteiger partial charge is 0.396 e. The van der Waals surface area contributed by atoms with Crippen LogP contribution in [0.5, 0.6) is 0 Å². The molecule has 0 bridgehead atoms. The average Bonchev–Trinajstić information content (AvgIpc) is 2.93. The molecule has 1 aromatic carbocycles. The Bertz CT molecular complexity index is 609. The number of aryl methyl sites for hydroxylation is 1. The molecule has 0 radical (unpaired) electrons. The highest BCUT2D eigenvalue weighted by Gasteiger charge is 2.13. The zero-order chi connectivity index (χ0) is 15.2. The van der Waals surface area contributed by atoms with Gasteiger partial charge in [0.1, 0.15) is 5.82 Å². The van der Waals surface area contributed by atoms with Crippen LogP contribution in [0.1, 0.15) is 35.9 Å². The van der Waals surface area contributed by atoms with E-state index in [1.165, 1.54) is 0 Å². The lowest BCUT2D eigenvalue weighted by atomic mass is 10.1. The van der Waals surface area contributed by atoms with Gasteiger partial charge in [0.05, 0.1) is 0 Å². The molecule has 0 aliphatic carbocycles. The lowest BCUT2D eigenvalue weighted by molar-refractivity contribution is 0.0929. The van der Waals surface area contributed by atoms with Crippen LogP contribution < -0.4 is 5.32 Å². The number of H-pyrrole nitrogens is 1. The summed E-state index contributed by atoms with van der Waals surface area (Å²) in [4.78, 5) is 16.5. The number of aromatic nitrogens is 3. The molecule has 21 heavy (non-hydrogen) atoms.